The van der Waals surface area contributed by atoms with Gasteiger partial charge in [0, 0.05) is 29.1 Å². The van der Waals surface area contributed by atoms with Crippen LogP contribution in [0.15, 0.2) is 77.0 Å². The zero-order chi connectivity index (χ0) is 48.7. The highest BCUT2D eigenvalue weighted by Gasteiger charge is 2.65. The molecule has 19 unspecified atom stereocenters. The predicted octanol–water partition coefficient (Wildman–Crippen LogP) is 8.05. The van der Waals surface area contributed by atoms with E-state index in [4.69, 9.17) is 52.1 Å². The van der Waals surface area contributed by atoms with Gasteiger partial charge < -0.3 is 52.1 Å². The molecule has 15 heteroatoms. The summed E-state index contributed by atoms with van der Waals surface area (Å²) in [6, 6.07) is 0. The number of hydrogen-bond acceptors (Lipinski definition) is 15. The molecular weight excluding hydrogens is 877 g/mol. The third-order valence-corrected chi connectivity index (χ3v) is 16.3. The molecule has 0 aromatic rings. The van der Waals surface area contributed by atoms with Crippen LogP contribution in [0.5, 0.6) is 0 Å². The Morgan fingerprint density at radius 2 is 1.34 bits per heavy atom. The minimum absolute atomic E-state index is 0.00679. The number of cyclic esters (lactones) is 2. The van der Waals surface area contributed by atoms with Crippen LogP contribution in [0.2, 0.25) is 0 Å². The molecule has 6 saturated carbocycles. The van der Waals surface area contributed by atoms with E-state index in [0.717, 1.165) is 58.0 Å². The molecule has 8 bridgehead atoms. The lowest BCUT2D eigenvalue weighted by atomic mass is 9.72. The minimum atomic E-state index is -0.200. The van der Waals surface area contributed by atoms with Crippen molar-refractivity contribution in [1.29, 1.82) is 0 Å². The van der Waals surface area contributed by atoms with Gasteiger partial charge in [-0.3, -0.25) is 19.2 Å². The number of fused-ring (bicyclic) bond motifs is 10. The molecule has 1 spiro atoms. The molecule has 6 aliphatic heterocycles. The number of carbonyl (C=O) groups excluding carboxylic acids is 4. The fourth-order valence-corrected chi connectivity index (χ4v) is 13.6. The van der Waals surface area contributed by atoms with Crippen LogP contribution in [0, 0.1) is 64.6 Å². The number of carbonyl (C=O) groups is 4. The Balaban J connectivity index is 0.000000124. The van der Waals surface area contributed by atoms with Crippen molar-refractivity contribution in [1.82, 2.24) is 0 Å². The van der Waals surface area contributed by atoms with E-state index in [1.165, 1.54) is 44.2 Å². The Kier molecular flexibility index (Phi) is 17.0. The molecule has 0 aromatic heterocycles. The first kappa shape index (κ1) is 50.9. The molecular formula is C53H74O15. The predicted molar refractivity (Wildman–Crippen MR) is 247 cm³/mol. The smallest absolute Gasteiger partial charge is 0.312 e. The van der Waals surface area contributed by atoms with Crippen molar-refractivity contribution in [2.75, 3.05) is 19.8 Å². The largest absolute Gasteiger partial charge is 0.502 e. The number of esters is 4. The van der Waals surface area contributed by atoms with E-state index in [9.17, 15) is 19.2 Å². The van der Waals surface area contributed by atoms with Crippen LogP contribution in [-0.4, -0.2) is 98.6 Å². The van der Waals surface area contributed by atoms with Gasteiger partial charge in [0.1, 0.15) is 30.5 Å². The molecule has 12 rings (SSSR count). The van der Waals surface area contributed by atoms with Crippen LogP contribution in [-0.2, 0) is 71.3 Å². The van der Waals surface area contributed by atoms with Gasteiger partial charge in [0.15, 0.2) is 12.2 Å². The molecule has 0 amide bonds. The van der Waals surface area contributed by atoms with Crippen molar-refractivity contribution in [2.45, 2.75) is 146 Å². The Hall–Kier alpha value is -4.92. The van der Waals surface area contributed by atoms with Crippen molar-refractivity contribution in [3.8, 4) is 0 Å². The first-order chi connectivity index (χ1) is 32.8. The van der Waals surface area contributed by atoms with Gasteiger partial charge in [-0.2, -0.15) is 0 Å². The van der Waals surface area contributed by atoms with Gasteiger partial charge in [0.25, 0.3) is 0 Å². The van der Waals surface area contributed by atoms with Gasteiger partial charge in [-0.05, 0) is 89.4 Å². The van der Waals surface area contributed by atoms with Crippen molar-refractivity contribution in [3.63, 3.8) is 0 Å². The monoisotopic (exact) mass is 951 g/mol. The van der Waals surface area contributed by atoms with Gasteiger partial charge >= 0.3 is 23.9 Å². The second-order valence-electron chi connectivity index (χ2n) is 20.3. The third kappa shape index (κ3) is 10.5. The Morgan fingerprint density at radius 1 is 0.647 bits per heavy atom. The molecule has 6 saturated heterocycles. The van der Waals surface area contributed by atoms with Crippen LogP contribution < -0.4 is 0 Å². The zero-order valence-corrected chi connectivity index (χ0v) is 40.2. The van der Waals surface area contributed by atoms with Crippen LogP contribution in [0.4, 0.5) is 0 Å². The quantitative estimate of drug-likeness (QED) is 0.0709. The van der Waals surface area contributed by atoms with Crippen LogP contribution in [0.3, 0.4) is 0 Å². The third-order valence-electron chi connectivity index (χ3n) is 16.3. The number of rotatable bonds is 14. The summed E-state index contributed by atoms with van der Waals surface area (Å²) in [5.74, 6) is 3.84. The van der Waals surface area contributed by atoms with Crippen LogP contribution in [0.25, 0.3) is 0 Å². The molecule has 19 atom stereocenters. The molecule has 12 aliphatic rings. The van der Waals surface area contributed by atoms with E-state index in [1.54, 1.807) is 6.26 Å². The summed E-state index contributed by atoms with van der Waals surface area (Å²) >= 11 is 0. The van der Waals surface area contributed by atoms with E-state index < -0.39 is 0 Å². The molecule has 68 heavy (non-hydrogen) atoms. The maximum atomic E-state index is 11.4. The molecule has 15 nitrogen and oxygen atoms in total. The SMILES string of the molecule is C=COC(C)C.C=COC1C2CC3C(=O)OC1C3C2.C=COC1C2CC3C(=O)OC1C3O2.C=COC1CC2CC1C1COC(=O)C21.C=COC1CC2CC1CC21COC(=O)C1.C=COCCCC. The summed E-state index contributed by atoms with van der Waals surface area (Å²) in [5, 5.41) is 0. The summed E-state index contributed by atoms with van der Waals surface area (Å²) in [6.07, 6.45) is 20.8. The van der Waals surface area contributed by atoms with Gasteiger partial charge in [-0.1, -0.05) is 52.8 Å². The van der Waals surface area contributed by atoms with Gasteiger partial charge in [-0.25, -0.2) is 0 Å². The lowest BCUT2D eigenvalue weighted by molar-refractivity contribution is -0.146. The topological polar surface area (TPSA) is 170 Å². The van der Waals surface area contributed by atoms with Crippen LogP contribution >= 0.6 is 0 Å². The highest BCUT2D eigenvalue weighted by Crippen LogP contribution is 2.60. The van der Waals surface area contributed by atoms with Gasteiger partial charge in [0.05, 0.1) is 93.8 Å². The molecule has 0 radical (unpaired) electrons. The summed E-state index contributed by atoms with van der Waals surface area (Å²) in [4.78, 5) is 45.2. The van der Waals surface area contributed by atoms with Crippen molar-refractivity contribution in [3.05, 3.63) is 77.0 Å². The summed E-state index contributed by atoms with van der Waals surface area (Å²) in [7, 11) is 0. The average Bonchev–Trinajstić information content (AvgIpc) is 4.16. The van der Waals surface area contributed by atoms with E-state index in [2.05, 4.69) is 46.4 Å². The normalized spacial score (nSPS) is 41.5. The van der Waals surface area contributed by atoms with Crippen molar-refractivity contribution < 1.29 is 71.3 Å². The molecule has 0 aromatic carbocycles. The maximum absolute atomic E-state index is 11.4. The van der Waals surface area contributed by atoms with E-state index in [0.29, 0.717) is 67.2 Å². The summed E-state index contributed by atoms with van der Waals surface area (Å²) in [5.41, 5.74) is 0.169. The maximum Gasteiger partial charge on any atom is 0.312 e. The van der Waals surface area contributed by atoms with Gasteiger partial charge in [-0.15, -0.1) is 0 Å². The minimum Gasteiger partial charge on any atom is -0.502 e. The lowest BCUT2D eigenvalue weighted by Crippen LogP contribution is -2.37. The fourth-order valence-electron chi connectivity index (χ4n) is 13.6. The fraction of sp³-hybridized carbons (Fsp3) is 0.698. The van der Waals surface area contributed by atoms with Crippen LogP contribution in [0.1, 0.15) is 91.4 Å². The zero-order valence-electron chi connectivity index (χ0n) is 40.2. The van der Waals surface area contributed by atoms with E-state index in [-0.39, 0.29) is 95.9 Å². The van der Waals surface area contributed by atoms with E-state index in [1.807, 2.05) is 13.8 Å². The van der Waals surface area contributed by atoms with Gasteiger partial charge in [0.2, 0.25) is 0 Å². The Labute approximate surface area is 401 Å². The van der Waals surface area contributed by atoms with Crippen molar-refractivity contribution in [2.24, 2.45) is 64.6 Å². The Bertz CT molecular complexity index is 1790. The van der Waals surface area contributed by atoms with E-state index >= 15 is 0 Å². The Morgan fingerprint density at radius 3 is 1.96 bits per heavy atom. The number of unbranched alkanes of at least 4 members (excludes halogenated alkanes) is 1. The standard InChI is InChI=1S/C12H16O3.C11H14O3.C10H12O3.C9H10O4.C6H12O.C5H10O/c1-2-14-10-4-9-3-8(10)5-12(9)6-11(13)15-7-12;1-2-13-9-4-6-3-7(9)8-5-14-11(12)10(6)8;1-2-12-8-5-3-6-7(4-5)10(11)13-9(6)8;1-2-11-7-5-3-4-6(12-5)8(7)13-9(4)10;1-3-5-6-7-4-2;1-4-6-5(2)3/h2,8-10H,1,3-7H2;2,6-10H,1,3-5H2;2,5-9H,1,3-4H2;2,4-8H,1,3H2;4H,2-3,5-6H2,1H3;4-5H,1H2,2-3H3. The summed E-state index contributed by atoms with van der Waals surface area (Å²) in [6.45, 7) is 29.2. The number of ether oxygens (including phenoxy) is 11. The molecule has 12 fully saturated rings. The lowest BCUT2D eigenvalue weighted by Gasteiger charge is -2.33. The molecule has 6 heterocycles. The first-order valence-electron chi connectivity index (χ1n) is 24.8. The second-order valence-corrected chi connectivity index (χ2v) is 20.3. The average molecular weight is 951 g/mol. The summed E-state index contributed by atoms with van der Waals surface area (Å²) < 4.78 is 57.6. The van der Waals surface area contributed by atoms with Crippen molar-refractivity contribution >= 4 is 23.9 Å². The first-order valence-corrected chi connectivity index (χ1v) is 24.8. The molecule has 6 aliphatic carbocycles. The highest BCUT2D eigenvalue weighted by atomic mass is 16.6. The highest BCUT2D eigenvalue weighted by molar-refractivity contribution is 5.78. The second kappa shape index (κ2) is 22.7. The molecule has 376 valence electrons. The number of hydrogen-bond donors (Lipinski definition) is 0. The molecule has 0 N–H and O–H groups in total.